The first-order valence-corrected chi connectivity index (χ1v) is 5.50. The summed E-state index contributed by atoms with van der Waals surface area (Å²) in [6, 6.07) is 0. The Balaban J connectivity index is 3.27. The minimum Gasteiger partial charge on any atom is -0.330 e. The normalized spacial score (nSPS) is 16.0. The molecule has 2 nitrogen and oxygen atoms in total. The van der Waals surface area contributed by atoms with Gasteiger partial charge in [0.05, 0.1) is 0 Å². The van der Waals surface area contributed by atoms with Crippen LogP contribution in [0.15, 0.2) is 0 Å². The second-order valence-electron chi connectivity index (χ2n) is 3.04. The lowest BCUT2D eigenvalue weighted by Crippen LogP contribution is -2.13. The van der Waals surface area contributed by atoms with Crippen LogP contribution in [0.25, 0.3) is 0 Å². The summed E-state index contributed by atoms with van der Waals surface area (Å²) in [5, 5.41) is 0.866. The summed E-state index contributed by atoms with van der Waals surface area (Å²) >= 11 is 8.82. The van der Waals surface area contributed by atoms with E-state index >= 15 is 0 Å². The molecule has 0 saturated carbocycles. The molecule has 0 spiro atoms. The SMILES string of the molecule is NCCC(S)CCC(S)CCN. The molecule has 0 fully saturated rings. The van der Waals surface area contributed by atoms with Crippen LogP contribution in [0.4, 0.5) is 0 Å². The van der Waals surface area contributed by atoms with Crippen molar-refractivity contribution in [1.82, 2.24) is 0 Å². The summed E-state index contributed by atoms with van der Waals surface area (Å²) in [5.74, 6) is 0. The number of hydrogen-bond donors (Lipinski definition) is 4. The minimum atomic E-state index is 0.433. The zero-order chi connectivity index (χ0) is 9.40. The Morgan fingerprint density at radius 1 is 0.750 bits per heavy atom. The monoisotopic (exact) mass is 208 g/mol. The van der Waals surface area contributed by atoms with E-state index in [0.29, 0.717) is 10.5 Å². The molecule has 74 valence electrons. The van der Waals surface area contributed by atoms with Gasteiger partial charge in [-0.1, -0.05) is 0 Å². The van der Waals surface area contributed by atoms with Crippen molar-refractivity contribution >= 4 is 25.3 Å². The van der Waals surface area contributed by atoms with Crippen molar-refractivity contribution in [2.24, 2.45) is 11.5 Å². The topological polar surface area (TPSA) is 52.0 Å². The first kappa shape index (κ1) is 12.6. The van der Waals surface area contributed by atoms with Gasteiger partial charge < -0.3 is 11.5 Å². The van der Waals surface area contributed by atoms with Gasteiger partial charge in [0.25, 0.3) is 0 Å². The molecule has 0 rings (SSSR count). The maximum atomic E-state index is 5.41. The highest BCUT2D eigenvalue weighted by Gasteiger charge is 2.06. The first-order chi connectivity index (χ1) is 5.70. The van der Waals surface area contributed by atoms with Gasteiger partial charge in [0.1, 0.15) is 0 Å². The van der Waals surface area contributed by atoms with Gasteiger partial charge in [0.2, 0.25) is 0 Å². The van der Waals surface area contributed by atoms with Crippen molar-refractivity contribution in [3.05, 3.63) is 0 Å². The summed E-state index contributed by atoms with van der Waals surface area (Å²) in [4.78, 5) is 0. The van der Waals surface area contributed by atoms with Gasteiger partial charge in [-0.2, -0.15) is 25.3 Å². The number of nitrogens with two attached hydrogens (primary N) is 2. The van der Waals surface area contributed by atoms with E-state index in [2.05, 4.69) is 25.3 Å². The Bertz CT molecular complexity index is 89.1. The highest BCUT2D eigenvalue weighted by molar-refractivity contribution is 7.81. The van der Waals surface area contributed by atoms with Gasteiger partial charge in [-0.15, -0.1) is 0 Å². The molecule has 0 aliphatic carbocycles. The van der Waals surface area contributed by atoms with Crippen LogP contribution < -0.4 is 11.5 Å². The number of rotatable bonds is 7. The molecule has 4 N–H and O–H groups in total. The molecule has 0 aromatic heterocycles. The van der Waals surface area contributed by atoms with Crippen molar-refractivity contribution < 1.29 is 0 Å². The molecule has 2 atom stereocenters. The molecule has 0 aromatic rings. The zero-order valence-corrected chi connectivity index (χ0v) is 9.24. The summed E-state index contributed by atoms with van der Waals surface area (Å²) in [5.41, 5.74) is 10.8. The van der Waals surface area contributed by atoms with Crippen LogP contribution in [0.3, 0.4) is 0 Å². The van der Waals surface area contributed by atoms with E-state index in [1.165, 1.54) is 0 Å². The average molecular weight is 208 g/mol. The predicted octanol–water partition coefficient (Wildman–Crippen LogP) is 1.06. The zero-order valence-electron chi connectivity index (χ0n) is 7.45. The van der Waals surface area contributed by atoms with Crippen LogP contribution in [0.5, 0.6) is 0 Å². The summed E-state index contributed by atoms with van der Waals surface area (Å²) < 4.78 is 0. The van der Waals surface area contributed by atoms with Crippen LogP contribution in [0.2, 0.25) is 0 Å². The van der Waals surface area contributed by atoms with E-state index in [0.717, 1.165) is 38.8 Å². The van der Waals surface area contributed by atoms with Gasteiger partial charge in [-0.25, -0.2) is 0 Å². The fourth-order valence-electron chi connectivity index (χ4n) is 1.06. The van der Waals surface area contributed by atoms with E-state index in [-0.39, 0.29) is 0 Å². The smallest absolute Gasteiger partial charge is 0.00291 e. The Morgan fingerprint density at radius 2 is 1.08 bits per heavy atom. The first-order valence-electron chi connectivity index (χ1n) is 4.47. The molecule has 4 heteroatoms. The molecule has 0 heterocycles. The van der Waals surface area contributed by atoms with Crippen molar-refractivity contribution in [3.63, 3.8) is 0 Å². The lowest BCUT2D eigenvalue weighted by atomic mass is 10.1. The van der Waals surface area contributed by atoms with Gasteiger partial charge in [0.15, 0.2) is 0 Å². The van der Waals surface area contributed by atoms with Crippen molar-refractivity contribution in [2.75, 3.05) is 13.1 Å². The van der Waals surface area contributed by atoms with Crippen LogP contribution >= 0.6 is 25.3 Å². The molecule has 0 aliphatic rings. The quantitative estimate of drug-likeness (QED) is 0.473. The maximum Gasteiger partial charge on any atom is 0.00291 e. The second-order valence-corrected chi connectivity index (χ2v) is 4.50. The van der Waals surface area contributed by atoms with E-state index in [1.54, 1.807) is 0 Å². The minimum absolute atomic E-state index is 0.433. The van der Waals surface area contributed by atoms with Gasteiger partial charge in [-0.3, -0.25) is 0 Å². The van der Waals surface area contributed by atoms with Gasteiger partial charge >= 0.3 is 0 Å². The van der Waals surface area contributed by atoms with Gasteiger partial charge in [-0.05, 0) is 38.8 Å². The Morgan fingerprint density at radius 3 is 1.33 bits per heavy atom. The van der Waals surface area contributed by atoms with Crippen molar-refractivity contribution in [1.29, 1.82) is 0 Å². The Labute approximate surface area is 86.3 Å². The standard InChI is InChI=1S/C8H20N2S2/c9-5-3-7(11)1-2-8(12)4-6-10/h7-8,11-12H,1-6,9-10H2. The highest BCUT2D eigenvalue weighted by atomic mass is 32.1. The average Bonchev–Trinajstić information content (AvgIpc) is 2.02. The fourth-order valence-corrected chi connectivity index (χ4v) is 1.65. The van der Waals surface area contributed by atoms with Gasteiger partial charge in [0, 0.05) is 10.5 Å². The lowest BCUT2D eigenvalue weighted by molar-refractivity contribution is 0.627. The number of hydrogen-bond acceptors (Lipinski definition) is 4. The van der Waals surface area contributed by atoms with E-state index < -0.39 is 0 Å². The third kappa shape index (κ3) is 7.28. The van der Waals surface area contributed by atoms with Crippen molar-refractivity contribution in [3.8, 4) is 0 Å². The molecule has 0 aromatic carbocycles. The number of thiol groups is 2. The van der Waals surface area contributed by atoms with E-state index in [1.807, 2.05) is 0 Å². The third-order valence-electron chi connectivity index (χ3n) is 1.83. The third-order valence-corrected chi connectivity index (χ3v) is 2.87. The Hall–Kier alpha value is 0.620. The predicted molar refractivity (Wildman–Crippen MR) is 62.1 cm³/mol. The van der Waals surface area contributed by atoms with Crippen LogP contribution in [0.1, 0.15) is 25.7 Å². The lowest BCUT2D eigenvalue weighted by Gasteiger charge is -2.12. The molecular weight excluding hydrogens is 188 g/mol. The largest absolute Gasteiger partial charge is 0.330 e. The van der Waals surface area contributed by atoms with Crippen molar-refractivity contribution in [2.45, 2.75) is 36.2 Å². The van der Waals surface area contributed by atoms with Crippen LogP contribution in [-0.4, -0.2) is 23.6 Å². The highest BCUT2D eigenvalue weighted by Crippen LogP contribution is 2.14. The molecule has 0 aliphatic heterocycles. The molecular formula is C8H20N2S2. The molecule has 0 saturated heterocycles. The molecule has 2 unspecified atom stereocenters. The fraction of sp³-hybridized carbons (Fsp3) is 1.00. The molecule has 0 bridgehead atoms. The summed E-state index contributed by atoms with van der Waals surface area (Å²) in [6.07, 6.45) is 4.17. The summed E-state index contributed by atoms with van der Waals surface area (Å²) in [7, 11) is 0. The van der Waals surface area contributed by atoms with Crippen LogP contribution in [-0.2, 0) is 0 Å². The van der Waals surface area contributed by atoms with E-state index in [4.69, 9.17) is 11.5 Å². The molecule has 0 radical (unpaired) electrons. The molecule has 12 heavy (non-hydrogen) atoms. The Kier molecular flexibility index (Phi) is 8.65. The van der Waals surface area contributed by atoms with Crippen LogP contribution in [0, 0.1) is 0 Å². The maximum absolute atomic E-state index is 5.41. The second kappa shape index (κ2) is 8.23. The van der Waals surface area contributed by atoms with E-state index in [9.17, 15) is 0 Å². The summed E-state index contributed by atoms with van der Waals surface area (Å²) in [6.45, 7) is 1.45. The molecule has 0 amide bonds.